The van der Waals surface area contributed by atoms with E-state index in [9.17, 15) is 19.6 Å². The number of methoxy groups -OCH3 is 1. The normalized spacial score (nSPS) is 15.1. The summed E-state index contributed by atoms with van der Waals surface area (Å²) in [6.45, 7) is 3.83. The van der Waals surface area contributed by atoms with Crippen LogP contribution in [-0.2, 0) is 9.59 Å². The van der Waals surface area contributed by atoms with E-state index >= 15 is 0 Å². The highest BCUT2D eigenvalue weighted by Gasteiger charge is 2.33. The van der Waals surface area contributed by atoms with Gasteiger partial charge in [0.25, 0.3) is 11.8 Å². The molecular formula is C26H28N6O4. The maximum absolute atomic E-state index is 13.1. The fraction of sp³-hybridized carbons (Fsp3) is 0.308. The first kappa shape index (κ1) is 24.6. The molecule has 4 rings (SSSR count). The molecule has 0 radical (unpaired) electrons. The first-order valence-electron chi connectivity index (χ1n) is 11.6. The molecular weight excluding hydrogens is 460 g/mol. The maximum atomic E-state index is 13.1. The lowest BCUT2D eigenvalue weighted by molar-refractivity contribution is -0.127. The number of aromatic amines is 1. The molecule has 0 bridgehead atoms. The number of hydrogen-bond donors (Lipinski definition) is 4. The van der Waals surface area contributed by atoms with Gasteiger partial charge in [0.05, 0.1) is 19.6 Å². The summed E-state index contributed by atoms with van der Waals surface area (Å²) in [6, 6.07) is 13.4. The van der Waals surface area contributed by atoms with E-state index in [4.69, 9.17) is 4.74 Å². The van der Waals surface area contributed by atoms with Crippen LogP contribution in [0.5, 0.6) is 5.75 Å². The van der Waals surface area contributed by atoms with Gasteiger partial charge >= 0.3 is 0 Å². The zero-order valence-corrected chi connectivity index (χ0v) is 20.3. The van der Waals surface area contributed by atoms with Crippen LogP contribution in [0.3, 0.4) is 0 Å². The number of amides is 3. The Labute approximate surface area is 208 Å². The summed E-state index contributed by atoms with van der Waals surface area (Å²) in [5.74, 6) is -1.14. The quantitative estimate of drug-likeness (QED) is 0.207. The Morgan fingerprint density at radius 3 is 2.69 bits per heavy atom. The summed E-state index contributed by atoms with van der Waals surface area (Å²) in [5.41, 5.74) is 5.03. The number of fused-ring (bicyclic) bond motifs is 2. The van der Waals surface area contributed by atoms with Gasteiger partial charge in [-0.15, -0.1) is 0 Å². The number of carbonyl (C=O) groups is 3. The molecule has 0 saturated carbocycles. The van der Waals surface area contributed by atoms with Crippen molar-refractivity contribution in [3.63, 3.8) is 0 Å². The third-order valence-electron chi connectivity index (χ3n) is 6.06. The number of hydrogen-bond acceptors (Lipinski definition) is 6. The van der Waals surface area contributed by atoms with Crippen molar-refractivity contribution in [2.45, 2.75) is 32.2 Å². The smallest absolute Gasteiger partial charge is 0.268 e. The fourth-order valence-corrected chi connectivity index (χ4v) is 4.33. The topological polar surface area (TPSA) is 139 Å². The van der Waals surface area contributed by atoms with Gasteiger partial charge in [-0.05, 0) is 42.2 Å². The summed E-state index contributed by atoms with van der Waals surface area (Å²) < 4.78 is 5.35. The second-order valence-corrected chi connectivity index (χ2v) is 9.08. The second-order valence-electron chi connectivity index (χ2n) is 9.08. The Morgan fingerprint density at radius 1 is 1.19 bits per heavy atom. The lowest BCUT2D eigenvalue weighted by Gasteiger charge is -2.24. The molecule has 0 saturated heterocycles. The van der Waals surface area contributed by atoms with Crippen molar-refractivity contribution in [1.82, 2.24) is 20.7 Å². The van der Waals surface area contributed by atoms with Crippen LogP contribution in [0.4, 0.5) is 5.69 Å². The van der Waals surface area contributed by atoms with Crippen LogP contribution in [0.15, 0.2) is 48.5 Å². The summed E-state index contributed by atoms with van der Waals surface area (Å²) in [4.78, 5) is 41.7. The molecule has 10 nitrogen and oxygen atoms in total. The minimum Gasteiger partial charge on any atom is -0.496 e. The van der Waals surface area contributed by atoms with Crippen LogP contribution in [0, 0.1) is 17.4 Å². The SMILES string of the molecule is COc1cccc2[nH]c(C(=O)NC(CC(C)C)C(=O)NN(C#N)CC3C(=O)Nc4ccccc43)cc12. The molecule has 2 atom stereocenters. The summed E-state index contributed by atoms with van der Waals surface area (Å²) >= 11 is 0. The lowest BCUT2D eigenvalue weighted by Crippen LogP contribution is -2.52. The third-order valence-corrected chi connectivity index (χ3v) is 6.06. The Hall–Kier alpha value is -4.52. The Bertz CT molecular complexity index is 1340. The Balaban J connectivity index is 1.47. The van der Waals surface area contributed by atoms with Gasteiger partial charge in [0.1, 0.15) is 17.5 Å². The molecule has 3 amide bonds. The van der Waals surface area contributed by atoms with Gasteiger partial charge in [0, 0.05) is 16.6 Å². The molecule has 1 aliphatic heterocycles. The number of nitrogens with zero attached hydrogens (tertiary/aromatic N) is 2. The number of para-hydroxylation sites is 1. The number of nitriles is 1. The van der Waals surface area contributed by atoms with Gasteiger partial charge in [-0.25, -0.2) is 5.01 Å². The highest BCUT2D eigenvalue weighted by Crippen LogP contribution is 2.32. The van der Waals surface area contributed by atoms with E-state index in [0.29, 0.717) is 17.9 Å². The molecule has 2 unspecified atom stereocenters. The molecule has 0 aliphatic carbocycles. The van der Waals surface area contributed by atoms with Crippen molar-refractivity contribution in [3.8, 4) is 11.9 Å². The van der Waals surface area contributed by atoms with Crippen LogP contribution < -0.4 is 20.8 Å². The average Bonchev–Trinajstić information content (AvgIpc) is 3.43. The van der Waals surface area contributed by atoms with Crippen LogP contribution >= 0.6 is 0 Å². The van der Waals surface area contributed by atoms with Gasteiger partial charge < -0.3 is 20.4 Å². The number of hydrazine groups is 1. The van der Waals surface area contributed by atoms with Crippen molar-refractivity contribution in [2.24, 2.45) is 5.92 Å². The van der Waals surface area contributed by atoms with E-state index in [2.05, 4.69) is 21.0 Å². The Kier molecular flexibility index (Phi) is 7.10. The number of aromatic nitrogens is 1. The highest BCUT2D eigenvalue weighted by atomic mass is 16.5. The number of rotatable bonds is 9. The van der Waals surface area contributed by atoms with Crippen molar-refractivity contribution in [1.29, 1.82) is 5.26 Å². The molecule has 10 heteroatoms. The molecule has 3 aromatic rings. The first-order valence-corrected chi connectivity index (χ1v) is 11.6. The van der Waals surface area contributed by atoms with Crippen molar-refractivity contribution in [2.75, 3.05) is 19.0 Å². The molecule has 4 N–H and O–H groups in total. The molecule has 0 fully saturated rings. The third kappa shape index (κ3) is 5.10. The van der Waals surface area contributed by atoms with E-state index in [1.807, 2.05) is 50.4 Å². The maximum Gasteiger partial charge on any atom is 0.268 e. The first-order chi connectivity index (χ1) is 17.3. The zero-order valence-electron chi connectivity index (χ0n) is 20.3. The van der Waals surface area contributed by atoms with Crippen molar-refractivity contribution < 1.29 is 19.1 Å². The average molecular weight is 489 g/mol. The van der Waals surface area contributed by atoms with E-state index in [1.54, 1.807) is 25.3 Å². The van der Waals surface area contributed by atoms with Gasteiger partial charge in [-0.1, -0.05) is 38.1 Å². The van der Waals surface area contributed by atoms with Crippen molar-refractivity contribution >= 4 is 34.3 Å². The Morgan fingerprint density at radius 2 is 1.97 bits per heavy atom. The van der Waals surface area contributed by atoms with Crippen LogP contribution in [0.1, 0.15) is 42.2 Å². The molecule has 2 aromatic carbocycles. The predicted molar refractivity (Wildman–Crippen MR) is 134 cm³/mol. The van der Waals surface area contributed by atoms with Crippen molar-refractivity contribution in [3.05, 3.63) is 59.8 Å². The standard InChI is InChI=1S/C26H28N6O4/c1-15(2)11-21(30-25(34)22-12-17-20(28-22)9-6-10-23(17)36-3)26(35)31-32(14-27)13-18-16-7-4-5-8-19(16)29-24(18)33/h4-10,12,15,18,21,28H,11,13H2,1-3H3,(H,29,33)(H,30,34)(H,31,35). The largest absolute Gasteiger partial charge is 0.496 e. The number of carbonyl (C=O) groups excluding carboxylic acids is 3. The predicted octanol–water partition coefficient (Wildman–Crippen LogP) is 2.87. The van der Waals surface area contributed by atoms with Gasteiger partial charge in [0.15, 0.2) is 6.19 Å². The van der Waals surface area contributed by atoms with E-state index in [0.717, 1.165) is 21.5 Å². The number of H-pyrrole nitrogens is 1. The second kappa shape index (κ2) is 10.4. The number of benzene rings is 2. The number of anilines is 1. The fourth-order valence-electron chi connectivity index (χ4n) is 4.33. The monoisotopic (exact) mass is 488 g/mol. The van der Waals surface area contributed by atoms with E-state index in [-0.39, 0.29) is 24.1 Å². The van der Waals surface area contributed by atoms with Crippen LogP contribution in [0.25, 0.3) is 10.9 Å². The van der Waals surface area contributed by atoms with E-state index < -0.39 is 23.8 Å². The summed E-state index contributed by atoms with van der Waals surface area (Å²) in [5, 5.41) is 17.0. The minimum absolute atomic E-state index is 0.0325. The van der Waals surface area contributed by atoms with Gasteiger partial charge in [-0.3, -0.25) is 19.8 Å². The minimum atomic E-state index is -0.897. The molecule has 186 valence electrons. The van der Waals surface area contributed by atoms with E-state index in [1.165, 1.54) is 0 Å². The summed E-state index contributed by atoms with van der Waals surface area (Å²) in [7, 11) is 1.55. The zero-order chi connectivity index (χ0) is 25.8. The van der Waals surface area contributed by atoms with Gasteiger partial charge in [0.2, 0.25) is 5.91 Å². The highest BCUT2D eigenvalue weighted by molar-refractivity contribution is 6.03. The molecule has 36 heavy (non-hydrogen) atoms. The molecule has 2 heterocycles. The number of nitrogens with one attached hydrogen (secondary N) is 4. The molecule has 1 aromatic heterocycles. The van der Waals surface area contributed by atoms with Gasteiger partial charge in [-0.2, -0.15) is 5.26 Å². The van der Waals surface area contributed by atoms with Crippen LogP contribution in [-0.4, -0.2) is 47.4 Å². The summed E-state index contributed by atoms with van der Waals surface area (Å²) in [6.07, 6.45) is 2.28. The van der Waals surface area contributed by atoms with Crippen LogP contribution in [0.2, 0.25) is 0 Å². The number of ether oxygens (including phenoxy) is 1. The molecule has 1 aliphatic rings. The lowest BCUT2D eigenvalue weighted by atomic mass is 10.0. The molecule has 0 spiro atoms.